The van der Waals surface area contributed by atoms with Crippen LogP contribution in [0, 0.1) is 5.92 Å². The summed E-state index contributed by atoms with van der Waals surface area (Å²) in [5.41, 5.74) is 2.42. The Bertz CT molecular complexity index is 917. The maximum absolute atomic E-state index is 12.5. The van der Waals surface area contributed by atoms with Crippen molar-refractivity contribution in [1.82, 2.24) is 5.32 Å². The molecular weight excluding hydrogens is 497 g/mol. The van der Waals surface area contributed by atoms with Gasteiger partial charge < -0.3 is 10.2 Å². The minimum absolute atomic E-state index is 0.0621. The SMILES string of the molecule is CC.CC(C)CCNC(=O)CCCCCOP(=O)(O)OC1CCC(c2ccccc2)(c2ccccc2)CC1. The lowest BCUT2D eigenvalue weighted by atomic mass is 9.65. The van der Waals surface area contributed by atoms with Crippen molar-refractivity contribution in [2.75, 3.05) is 13.2 Å². The fourth-order valence-electron chi connectivity index (χ4n) is 5.00. The molecule has 7 heteroatoms. The van der Waals surface area contributed by atoms with Gasteiger partial charge >= 0.3 is 7.82 Å². The number of phosphoric ester groups is 1. The van der Waals surface area contributed by atoms with Crippen molar-refractivity contribution in [3.05, 3.63) is 71.8 Å². The zero-order valence-corrected chi connectivity index (χ0v) is 24.6. The minimum Gasteiger partial charge on any atom is -0.356 e. The van der Waals surface area contributed by atoms with E-state index in [0.717, 1.165) is 32.1 Å². The Labute approximate surface area is 230 Å². The fraction of sp³-hybridized carbons (Fsp3) is 0.581. The lowest BCUT2D eigenvalue weighted by molar-refractivity contribution is -0.121. The topological polar surface area (TPSA) is 84.9 Å². The Morgan fingerprint density at radius 1 is 0.974 bits per heavy atom. The molecule has 0 heterocycles. The summed E-state index contributed by atoms with van der Waals surface area (Å²) in [4.78, 5) is 22.1. The zero-order chi connectivity index (χ0) is 27.9. The second-order valence-corrected chi connectivity index (χ2v) is 11.7. The Balaban J connectivity index is 0.00000247. The molecule has 1 atom stereocenters. The molecule has 1 aliphatic carbocycles. The molecule has 1 fully saturated rings. The molecule has 0 spiro atoms. The smallest absolute Gasteiger partial charge is 0.356 e. The highest BCUT2D eigenvalue weighted by Gasteiger charge is 2.40. The van der Waals surface area contributed by atoms with Crippen LogP contribution in [0.25, 0.3) is 0 Å². The molecule has 2 aromatic carbocycles. The van der Waals surface area contributed by atoms with Crippen LogP contribution in [0.3, 0.4) is 0 Å². The molecule has 3 rings (SSSR count). The summed E-state index contributed by atoms with van der Waals surface area (Å²) in [6.45, 7) is 9.12. The van der Waals surface area contributed by atoms with Crippen molar-refractivity contribution in [2.45, 2.75) is 97.0 Å². The van der Waals surface area contributed by atoms with Crippen molar-refractivity contribution in [2.24, 2.45) is 5.92 Å². The third kappa shape index (κ3) is 10.6. The molecule has 1 unspecified atom stereocenters. The van der Waals surface area contributed by atoms with E-state index < -0.39 is 7.82 Å². The first-order chi connectivity index (χ1) is 18.3. The largest absolute Gasteiger partial charge is 0.472 e. The molecule has 0 bridgehead atoms. The molecule has 0 saturated heterocycles. The number of carbonyl (C=O) groups is 1. The molecule has 2 N–H and O–H groups in total. The summed E-state index contributed by atoms with van der Waals surface area (Å²) in [6.07, 6.45) is 6.29. The highest BCUT2D eigenvalue weighted by molar-refractivity contribution is 7.47. The van der Waals surface area contributed by atoms with Gasteiger partial charge in [0.1, 0.15) is 0 Å². The van der Waals surface area contributed by atoms with E-state index in [-0.39, 0.29) is 24.0 Å². The van der Waals surface area contributed by atoms with Gasteiger partial charge in [-0.05, 0) is 62.0 Å². The molecule has 2 aromatic rings. The van der Waals surface area contributed by atoms with E-state index >= 15 is 0 Å². The van der Waals surface area contributed by atoms with Gasteiger partial charge in [-0.2, -0.15) is 0 Å². The summed E-state index contributed by atoms with van der Waals surface area (Å²) < 4.78 is 23.4. The second kappa shape index (κ2) is 16.9. The first-order valence-electron chi connectivity index (χ1n) is 14.3. The minimum atomic E-state index is -4.12. The zero-order valence-electron chi connectivity index (χ0n) is 23.7. The van der Waals surface area contributed by atoms with Gasteiger partial charge in [0.05, 0.1) is 12.7 Å². The average Bonchev–Trinajstić information content (AvgIpc) is 2.93. The monoisotopic (exact) mass is 545 g/mol. The maximum atomic E-state index is 12.5. The van der Waals surface area contributed by atoms with Crippen LogP contribution in [0.1, 0.15) is 96.6 Å². The van der Waals surface area contributed by atoms with Crippen LogP contribution >= 0.6 is 7.82 Å². The third-order valence-corrected chi connectivity index (χ3v) is 8.14. The molecule has 212 valence electrons. The van der Waals surface area contributed by atoms with Crippen LogP contribution in [0.2, 0.25) is 0 Å². The number of benzene rings is 2. The predicted octanol–water partition coefficient (Wildman–Crippen LogP) is 7.80. The lowest BCUT2D eigenvalue weighted by Crippen LogP contribution is -2.35. The van der Waals surface area contributed by atoms with Gasteiger partial charge in [-0.1, -0.05) is 94.8 Å². The van der Waals surface area contributed by atoms with Crippen LogP contribution in [0.15, 0.2) is 60.7 Å². The number of unbranched alkanes of at least 4 members (excludes halogenated alkanes) is 2. The number of hydrogen-bond donors (Lipinski definition) is 2. The number of rotatable bonds is 14. The van der Waals surface area contributed by atoms with Gasteiger partial charge in [-0.25, -0.2) is 4.57 Å². The van der Waals surface area contributed by atoms with Gasteiger partial charge in [0.15, 0.2) is 0 Å². The summed E-state index contributed by atoms with van der Waals surface area (Å²) in [6, 6.07) is 21.0. The van der Waals surface area contributed by atoms with Crippen molar-refractivity contribution in [3.63, 3.8) is 0 Å². The van der Waals surface area contributed by atoms with Gasteiger partial charge in [0.2, 0.25) is 5.91 Å². The van der Waals surface area contributed by atoms with Crippen LogP contribution in [0.4, 0.5) is 0 Å². The Morgan fingerprint density at radius 2 is 1.53 bits per heavy atom. The fourth-order valence-corrected chi connectivity index (χ4v) is 6.01. The molecule has 38 heavy (non-hydrogen) atoms. The van der Waals surface area contributed by atoms with E-state index in [1.165, 1.54) is 11.1 Å². The molecule has 0 aliphatic heterocycles. The van der Waals surface area contributed by atoms with E-state index in [9.17, 15) is 14.3 Å². The highest BCUT2D eigenvalue weighted by Crippen LogP contribution is 2.51. The first-order valence-corrected chi connectivity index (χ1v) is 15.8. The van der Waals surface area contributed by atoms with Crippen LogP contribution in [0.5, 0.6) is 0 Å². The van der Waals surface area contributed by atoms with Crippen LogP contribution in [-0.2, 0) is 23.8 Å². The third-order valence-electron chi connectivity index (χ3n) is 7.07. The van der Waals surface area contributed by atoms with Gasteiger partial charge in [-0.15, -0.1) is 0 Å². The van der Waals surface area contributed by atoms with Crippen molar-refractivity contribution in [1.29, 1.82) is 0 Å². The summed E-state index contributed by atoms with van der Waals surface area (Å²) in [5.74, 6) is 0.634. The van der Waals surface area contributed by atoms with E-state index in [0.29, 0.717) is 38.1 Å². The predicted molar refractivity (Wildman–Crippen MR) is 155 cm³/mol. The molecule has 6 nitrogen and oxygen atoms in total. The van der Waals surface area contributed by atoms with E-state index in [2.05, 4.69) is 67.7 Å². The Morgan fingerprint density at radius 3 is 2.05 bits per heavy atom. The molecule has 1 aliphatic rings. The van der Waals surface area contributed by atoms with Gasteiger partial charge in [0, 0.05) is 18.4 Å². The van der Waals surface area contributed by atoms with Crippen molar-refractivity contribution >= 4 is 13.7 Å². The number of carbonyl (C=O) groups excluding carboxylic acids is 1. The van der Waals surface area contributed by atoms with Crippen LogP contribution < -0.4 is 5.32 Å². The summed E-state index contributed by atoms with van der Waals surface area (Å²) >= 11 is 0. The van der Waals surface area contributed by atoms with Gasteiger partial charge in [0.25, 0.3) is 0 Å². The number of phosphoric acid groups is 1. The first kappa shape index (κ1) is 32.2. The second-order valence-electron chi connectivity index (χ2n) is 10.3. The molecule has 1 saturated carbocycles. The number of hydrogen-bond acceptors (Lipinski definition) is 4. The molecule has 0 aromatic heterocycles. The van der Waals surface area contributed by atoms with E-state index in [1.807, 2.05) is 26.0 Å². The van der Waals surface area contributed by atoms with Crippen molar-refractivity contribution in [3.8, 4) is 0 Å². The van der Waals surface area contributed by atoms with E-state index in [4.69, 9.17) is 9.05 Å². The van der Waals surface area contributed by atoms with Crippen molar-refractivity contribution < 1.29 is 23.3 Å². The lowest BCUT2D eigenvalue weighted by Gasteiger charge is -2.41. The average molecular weight is 546 g/mol. The van der Waals surface area contributed by atoms with Gasteiger partial charge in [-0.3, -0.25) is 13.8 Å². The Kier molecular flexibility index (Phi) is 14.3. The number of nitrogens with one attached hydrogen (secondary N) is 1. The summed E-state index contributed by atoms with van der Waals surface area (Å²) in [7, 11) is -4.12. The Hall–Kier alpha value is -1.98. The quantitative estimate of drug-likeness (QED) is 0.187. The standard InChI is InChI=1S/C29H42NO5P.C2H6/c1-24(2)19-22-30-28(31)16-10-5-11-23-34-36(32,33)35-27-17-20-29(21-18-27,25-12-6-3-7-13-25)26-14-8-4-9-15-26;1-2/h3-4,6-9,12-15,24,27H,5,10-11,16-23H2,1-2H3,(H,30,31)(H,32,33);1-2H3. The van der Waals surface area contributed by atoms with E-state index in [1.54, 1.807) is 0 Å². The maximum Gasteiger partial charge on any atom is 0.472 e. The molecular formula is C31H48NO5P. The highest BCUT2D eigenvalue weighted by atomic mass is 31.2. The molecule has 0 radical (unpaired) electrons. The van der Waals surface area contributed by atoms with Crippen LogP contribution in [-0.4, -0.2) is 30.1 Å². The molecule has 1 amide bonds. The summed E-state index contributed by atoms with van der Waals surface area (Å²) in [5, 5.41) is 2.93. The number of amides is 1. The normalized spacial score (nSPS) is 16.8.